The van der Waals surface area contributed by atoms with Gasteiger partial charge in [0.2, 0.25) is 10.7 Å². The summed E-state index contributed by atoms with van der Waals surface area (Å²) in [5, 5.41) is 0.189. The van der Waals surface area contributed by atoms with Crippen LogP contribution >= 0.6 is 11.5 Å². The van der Waals surface area contributed by atoms with E-state index in [-0.39, 0.29) is 15.6 Å². The molecule has 2 rings (SSSR count). The standard InChI is InChI=1S/C8H8N4O3S2/c1-5-10-8(16-11-5)12-17(14,15)6-2-3-7(13)9-4-6/h2-4H,1H3,(H,9,13)(H,10,11,12). The van der Waals surface area contributed by atoms with Crippen LogP contribution in [0.3, 0.4) is 0 Å². The van der Waals surface area contributed by atoms with E-state index in [9.17, 15) is 13.2 Å². The molecular formula is C8H8N4O3S2. The number of aryl methyl sites for hydroxylation is 1. The number of pyridine rings is 1. The SMILES string of the molecule is Cc1nsc(NS(=O)(=O)c2ccc(=O)[nH]c2)n1. The van der Waals surface area contributed by atoms with Crippen molar-refractivity contribution >= 4 is 26.7 Å². The van der Waals surface area contributed by atoms with Gasteiger partial charge in [0.15, 0.2) is 0 Å². The van der Waals surface area contributed by atoms with Crippen molar-refractivity contribution in [2.45, 2.75) is 11.8 Å². The van der Waals surface area contributed by atoms with Crippen molar-refractivity contribution < 1.29 is 8.42 Å². The predicted molar refractivity (Wildman–Crippen MR) is 62.5 cm³/mol. The summed E-state index contributed by atoms with van der Waals surface area (Å²) < 4.78 is 29.8. The van der Waals surface area contributed by atoms with Gasteiger partial charge in [-0.3, -0.25) is 9.52 Å². The first kappa shape index (κ1) is 11.7. The molecule has 0 aliphatic rings. The third-order valence-corrected chi connectivity index (χ3v) is 4.00. The molecule has 0 bridgehead atoms. The van der Waals surface area contributed by atoms with Crippen LogP contribution in [0.15, 0.2) is 28.0 Å². The number of hydrogen-bond acceptors (Lipinski definition) is 6. The summed E-state index contributed by atoms with van der Waals surface area (Å²) >= 11 is 0.951. The number of nitrogens with one attached hydrogen (secondary N) is 2. The minimum absolute atomic E-state index is 0.0371. The molecular weight excluding hydrogens is 264 g/mol. The zero-order valence-corrected chi connectivity index (χ0v) is 10.3. The first-order valence-corrected chi connectivity index (χ1v) is 6.75. The van der Waals surface area contributed by atoms with E-state index in [1.807, 2.05) is 0 Å². The van der Waals surface area contributed by atoms with E-state index < -0.39 is 10.0 Å². The topological polar surface area (TPSA) is 105 Å². The van der Waals surface area contributed by atoms with Crippen molar-refractivity contribution in [3.63, 3.8) is 0 Å². The molecule has 2 aromatic rings. The molecule has 2 N–H and O–H groups in total. The lowest BCUT2D eigenvalue weighted by Gasteiger charge is -2.03. The van der Waals surface area contributed by atoms with Crippen LogP contribution < -0.4 is 10.3 Å². The molecule has 17 heavy (non-hydrogen) atoms. The molecule has 0 aliphatic carbocycles. The predicted octanol–water partition coefficient (Wildman–Crippen LogP) is 0.336. The highest BCUT2D eigenvalue weighted by molar-refractivity contribution is 7.92. The molecule has 90 valence electrons. The van der Waals surface area contributed by atoms with Crippen LogP contribution in [0.2, 0.25) is 0 Å². The van der Waals surface area contributed by atoms with Crippen LogP contribution in [0.25, 0.3) is 0 Å². The summed E-state index contributed by atoms with van der Waals surface area (Å²) in [6.07, 6.45) is 1.12. The Balaban J connectivity index is 2.31. The molecule has 0 saturated heterocycles. The number of aromatic nitrogens is 3. The highest BCUT2D eigenvalue weighted by atomic mass is 32.2. The summed E-state index contributed by atoms with van der Waals surface area (Å²) in [5.74, 6) is 0.495. The van der Waals surface area contributed by atoms with Crippen molar-refractivity contribution in [2.75, 3.05) is 4.72 Å². The number of anilines is 1. The average molecular weight is 272 g/mol. The molecule has 9 heteroatoms. The Hall–Kier alpha value is -1.74. The lowest BCUT2D eigenvalue weighted by Crippen LogP contribution is -2.15. The molecule has 0 spiro atoms. The molecule has 0 radical (unpaired) electrons. The van der Waals surface area contributed by atoms with E-state index in [2.05, 4.69) is 19.1 Å². The quantitative estimate of drug-likeness (QED) is 0.838. The van der Waals surface area contributed by atoms with Crippen LogP contribution in [0.1, 0.15) is 5.82 Å². The van der Waals surface area contributed by atoms with E-state index in [0.29, 0.717) is 5.82 Å². The fraction of sp³-hybridized carbons (Fsp3) is 0.125. The highest BCUT2D eigenvalue weighted by Gasteiger charge is 2.16. The van der Waals surface area contributed by atoms with Gasteiger partial charge in [-0.2, -0.15) is 4.37 Å². The van der Waals surface area contributed by atoms with Crippen LogP contribution in [-0.4, -0.2) is 22.8 Å². The van der Waals surface area contributed by atoms with Gasteiger partial charge in [0.05, 0.1) is 0 Å². The molecule has 0 amide bonds. The first-order chi connectivity index (χ1) is 7.97. The summed E-state index contributed by atoms with van der Waals surface area (Å²) in [6.45, 7) is 1.66. The fourth-order valence-corrected chi connectivity index (χ4v) is 2.84. The van der Waals surface area contributed by atoms with Crippen molar-refractivity contribution in [3.8, 4) is 0 Å². The van der Waals surface area contributed by atoms with Gasteiger partial charge in [-0.15, -0.1) is 0 Å². The smallest absolute Gasteiger partial charge is 0.265 e. The molecule has 2 aromatic heterocycles. The minimum Gasteiger partial charge on any atom is -0.328 e. The maximum Gasteiger partial charge on any atom is 0.265 e. The summed E-state index contributed by atoms with van der Waals surface area (Å²) in [5.41, 5.74) is -0.365. The van der Waals surface area contributed by atoms with Crippen molar-refractivity contribution in [2.24, 2.45) is 0 Å². The number of aromatic amines is 1. The Labute approximate surface area is 101 Å². The normalized spacial score (nSPS) is 11.4. The Morgan fingerprint density at radius 3 is 2.71 bits per heavy atom. The van der Waals surface area contributed by atoms with Crippen molar-refractivity contribution in [3.05, 3.63) is 34.5 Å². The van der Waals surface area contributed by atoms with Gasteiger partial charge in [-0.1, -0.05) is 0 Å². The number of sulfonamides is 1. The van der Waals surface area contributed by atoms with Crippen molar-refractivity contribution in [1.82, 2.24) is 14.3 Å². The molecule has 0 aromatic carbocycles. The lowest BCUT2D eigenvalue weighted by atomic mass is 10.5. The van der Waals surface area contributed by atoms with E-state index >= 15 is 0 Å². The van der Waals surface area contributed by atoms with E-state index in [4.69, 9.17) is 0 Å². The van der Waals surface area contributed by atoms with E-state index in [0.717, 1.165) is 23.8 Å². The Morgan fingerprint density at radius 1 is 1.41 bits per heavy atom. The molecule has 2 heterocycles. The van der Waals surface area contributed by atoms with Gasteiger partial charge in [0.1, 0.15) is 10.7 Å². The van der Waals surface area contributed by atoms with Gasteiger partial charge in [0, 0.05) is 23.8 Å². The largest absolute Gasteiger partial charge is 0.328 e. The highest BCUT2D eigenvalue weighted by Crippen LogP contribution is 2.16. The van der Waals surface area contributed by atoms with Gasteiger partial charge >= 0.3 is 0 Å². The third-order valence-electron chi connectivity index (χ3n) is 1.82. The molecule has 0 saturated carbocycles. The number of H-pyrrole nitrogens is 1. The summed E-state index contributed by atoms with van der Waals surface area (Å²) in [7, 11) is -3.73. The molecule has 0 unspecified atom stereocenters. The van der Waals surface area contributed by atoms with Gasteiger partial charge in [-0.05, 0) is 13.0 Å². The molecule has 0 atom stereocenters. The van der Waals surface area contributed by atoms with Crippen molar-refractivity contribution in [1.29, 1.82) is 0 Å². The van der Waals surface area contributed by atoms with Gasteiger partial charge in [0.25, 0.3) is 10.0 Å². The monoisotopic (exact) mass is 272 g/mol. The van der Waals surface area contributed by atoms with E-state index in [1.54, 1.807) is 6.92 Å². The van der Waals surface area contributed by atoms with E-state index in [1.165, 1.54) is 6.07 Å². The Kier molecular flexibility index (Phi) is 2.94. The van der Waals surface area contributed by atoms with Crippen LogP contribution in [0.4, 0.5) is 5.13 Å². The zero-order chi connectivity index (χ0) is 12.5. The number of rotatable bonds is 3. The summed E-state index contributed by atoms with van der Waals surface area (Å²) in [6, 6.07) is 2.36. The Morgan fingerprint density at radius 2 is 2.18 bits per heavy atom. The fourth-order valence-electron chi connectivity index (χ4n) is 1.08. The molecule has 0 aliphatic heterocycles. The van der Waals surface area contributed by atoms with Crippen LogP contribution in [0, 0.1) is 6.92 Å². The van der Waals surface area contributed by atoms with Crippen LogP contribution in [-0.2, 0) is 10.0 Å². The summed E-state index contributed by atoms with van der Waals surface area (Å²) in [4.78, 5) is 17.0. The molecule has 0 fully saturated rings. The van der Waals surface area contributed by atoms with Gasteiger partial charge in [-0.25, -0.2) is 13.4 Å². The average Bonchev–Trinajstić information content (AvgIpc) is 2.63. The zero-order valence-electron chi connectivity index (χ0n) is 8.67. The molecule has 7 nitrogen and oxygen atoms in total. The van der Waals surface area contributed by atoms with Gasteiger partial charge < -0.3 is 4.98 Å². The number of hydrogen-bond donors (Lipinski definition) is 2. The van der Waals surface area contributed by atoms with Crippen LogP contribution in [0.5, 0.6) is 0 Å². The Bertz CT molecular complexity index is 668. The minimum atomic E-state index is -3.73. The second kappa shape index (κ2) is 4.26. The maximum atomic E-state index is 11.8. The lowest BCUT2D eigenvalue weighted by molar-refractivity contribution is 0.600. The second-order valence-electron chi connectivity index (χ2n) is 3.14. The second-order valence-corrected chi connectivity index (χ2v) is 5.58. The number of nitrogens with zero attached hydrogens (tertiary/aromatic N) is 2. The first-order valence-electron chi connectivity index (χ1n) is 4.49. The maximum absolute atomic E-state index is 11.8. The third kappa shape index (κ3) is 2.68.